The van der Waals surface area contributed by atoms with Gasteiger partial charge in [-0.3, -0.25) is 4.98 Å². The molecular formula is C17H19FN2. The minimum Gasteiger partial charge on any atom is -0.308 e. The molecule has 0 amide bonds. The SMILES string of the molecule is CNC(c1ccc(F)cn1)c1ccccc1C1CCC1. The van der Waals surface area contributed by atoms with Gasteiger partial charge in [-0.15, -0.1) is 0 Å². The van der Waals surface area contributed by atoms with Gasteiger partial charge >= 0.3 is 0 Å². The van der Waals surface area contributed by atoms with Crippen LogP contribution in [0.1, 0.15) is 48.0 Å². The third-order valence-electron chi connectivity index (χ3n) is 4.19. The van der Waals surface area contributed by atoms with Crippen molar-refractivity contribution in [1.82, 2.24) is 10.3 Å². The van der Waals surface area contributed by atoms with E-state index in [1.165, 1.54) is 42.7 Å². The van der Waals surface area contributed by atoms with E-state index < -0.39 is 0 Å². The van der Waals surface area contributed by atoms with Crippen molar-refractivity contribution in [2.45, 2.75) is 31.2 Å². The van der Waals surface area contributed by atoms with Gasteiger partial charge in [-0.1, -0.05) is 30.7 Å². The molecule has 1 N–H and O–H groups in total. The number of nitrogens with one attached hydrogen (secondary N) is 1. The van der Waals surface area contributed by atoms with Crippen LogP contribution in [0.25, 0.3) is 0 Å². The summed E-state index contributed by atoms with van der Waals surface area (Å²) in [6.45, 7) is 0. The molecule has 1 unspecified atom stereocenters. The Labute approximate surface area is 119 Å². The topological polar surface area (TPSA) is 24.9 Å². The first-order chi connectivity index (χ1) is 9.79. The van der Waals surface area contributed by atoms with E-state index in [-0.39, 0.29) is 11.9 Å². The molecule has 3 heteroatoms. The van der Waals surface area contributed by atoms with E-state index in [9.17, 15) is 4.39 Å². The molecule has 2 aromatic rings. The smallest absolute Gasteiger partial charge is 0.141 e. The van der Waals surface area contributed by atoms with E-state index >= 15 is 0 Å². The van der Waals surface area contributed by atoms with Gasteiger partial charge in [0, 0.05) is 0 Å². The molecule has 0 spiro atoms. The number of halogens is 1. The number of aromatic nitrogens is 1. The second-order valence-corrected chi connectivity index (χ2v) is 5.38. The zero-order chi connectivity index (χ0) is 13.9. The molecule has 0 bridgehead atoms. The molecule has 1 aromatic heterocycles. The van der Waals surface area contributed by atoms with Crippen molar-refractivity contribution in [3.63, 3.8) is 0 Å². The first-order valence-corrected chi connectivity index (χ1v) is 7.17. The molecule has 1 aliphatic rings. The van der Waals surface area contributed by atoms with Crippen molar-refractivity contribution in [3.8, 4) is 0 Å². The Morgan fingerprint density at radius 3 is 2.60 bits per heavy atom. The van der Waals surface area contributed by atoms with E-state index in [1.807, 2.05) is 7.05 Å². The van der Waals surface area contributed by atoms with E-state index in [4.69, 9.17) is 0 Å². The summed E-state index contributed by atoms with van der Waals surface area (Å²) in [6.07, 6.45) is 5.14. The van der Waals surface area contributed by atoms with Gasteiger partial charge in [0.2, 0.25) is 0 Å². The van der Waals surface area contributed by atoms with Crippen LogP contribution in [0.15, 0.2) is 42.6 Å². The van der Waals surface area contributed by atoms with E-state index in [0.29, 0.717) is 5.92 Å². The van der Waals surface area contributed by atoms with Crippen molar-refractivity contribution in [3.05, 3.63) is 65.2 Å². The predicted molar refractivity (Wildman–Crippen MR) is 78.1 cm³/mol. The second-order valence-electron chi connectivity index (χ2n) is 5.38. The Hall–Kier alpha value is -1.74. The highest BCUT2D eigenvalue weighted by molar-refractivity contribution is 5.38. The Bertz CT molecular complexity index is 576. The fraction of sp³-hybridized carbons (Fsp3) is 0.353. The summed E-state index contributed by atoms with van der Waals surface area (Å²) in [6, 6.07) is 11.8. The standard InChI is InChI=1S/C17H19FN2/c1-19-17(16-10-9-13(18)11-20-16)15-8-3-2-7-14(15)12-5-4-6-12/h2-3,7-12,17,19H,4-6H2,1H3. The van der Waals surface area contributed by atoms with Crippen molar-refractivity contribution >= 4 is 0 Å². The van der Waals surface area contributed by atoms with Crippen molar-refractivity contribution < 1.29 is 4.39 Å². The maximum atomic E-state index is 13.0. The molecule has 1 atom stereocenters. The highest BCUT2D eigenvalue weighted by Crippen LogP contribution is 2.40. The Morgan fingerprint density at radius 1 is 1.20 bits per heavy atom. The predicted octanol–water partition coefficient (Wildman–Crippen LogP) is 3.80. The normalized spacial score (nSPS) is 16.7. The third kappa shape index (κ3) is 2.46. The summed E-state index contributed by atoms with van der Waals surface area (Å²) in [4.78, 5) is 4.23. The Balaban J connectivity index is 1.98. The highest BCUT2D eigenvalue weighted by atomic mass is 19.1. The van der Waals surface area contributed by atoms with Crippen LogP contribution in [-0.4, -0.2) is 12.0 Å². The lowest BCUT2D eigenvalue weighted by molar-refractivity contribution is 0.414. The monoisotopic (exact) mass is 270 g/mol. The average Bonchev–Trinajstić information content (AvgIpc) is 2.41. The summed E-state index contributed by atoms with van der Waals surface area (Å²) in [5.41, 5.74) is 3.53. The van der Waals surface area contributed by atoms with Gasteiger partial charge in [0.1, 0.15) is 5.82 Å². The van der Waals surface area contributed by atoms with Gasteiger partial charge in [-0.25, -0.2) is 4.39 Å². The lowest BCUT2D eigenvalue weighted by atomic mass is 9.77. The van der Waals surface area contributed by atoms with Gasteiger partial charge in [0.25, 0.3) is 0 Å². The third-order valence-corrected chi connectivity index (χ3v) is 4.19. The molecule has 0 saturated heterocycles. The van der Waals surface area contributed by atoms with Gasteiger partial charge in [0.15, 0.2) is 0 Å². The van der Waals surface area contributed by atoms with Crippen LogP contribution in [0, 0.1) is 5.82 Å². The zero-order valence-electron chi connectivity index (χ0n) is 11.6. The number of nitrogens with zero attached hydrogens (tertiary/aromatic N) is 1. The van der Waals surface area contributed by atoms with Crippen LogP contribution in [-0.2, 0) is 0 Å². The molecule has 1 saturated carbocycles. The summed E-state index contributed by atoms with van der Waals surface area (Å²) in [5, 5.41) is 3.31. The largest absolute Gasteiger partial charge is 0.308 e. The molecule has 3 rings (SSSR count). The van der Waals surface area contributed by atoms with Crippen molar-refractivity contribution in [1.29, 1.82) is 0 Å². The lowest BCUT2D eigenvalue weighted by Gasteiger charge is -2.30. The number of hydrogen-bond acceptors (Lipinski definition) is 2. The molecule has 1 fully saturated rings. The summed E-state index contributed by atoms with van der Waals surface area (Å²) >= 11 is 0. The lowest BCUT2D eigenvalue weighted by Crippen LogP contribution is -2.22. The molecule has 1 heterocycles. The molecule has 1 aliphatic carbocycles. The maximum Gasteiger partial charge on any atom is 0.141 e. The minimum atomic E-state index is -0.295. The van der Waals surface area contributed by atoms with Crippen LogP contribution in [0.3, 0.4) is 0 Å². The molecule has 1 aromatic carbocycles. The molecular weight excluding hydrogens is 251 g/mol. The second kappa shape index (κ2) is 5.71. The number of pyridine rings is 1. The van der Waals surface area contributed by atoms with Gasteiger partial charge in [-0.2, -0.15) is 0 Å². The minimum absolute atomic E-state index is 0.0207. The van der Waals surface area contributed by atoms with E-state index in [2.05, 4.69) is 34.6 Å². The zero-order valence-corrected chi connectivity index (χ0v) is 11.6. The van der Waals surface area contributed by atoms with E-state index in [1.54, 1.807) is 6.07 Å². The van der Waals surface area contributed by atoms with Crippen LogP contribution in [0.5, 0.6) is 0 Å². The van der Waals surface area contributed by atoms with Crippen LogP contribution >= 0.6 is 0 Å². The molecule has 20 heavy (non-hydrogen) atoms. The quantitative estimate of drug-likeness (QED) is 0.914. The molecule has 0 radical (unpaired) electrons. The number of hydrogen-bond donors (Lipinski definition) is 1. The highest BCUT2D eigenvalue weighted by Gasteiger charge is 2.25. The number of rotatable bonds is 4. The fourth-order valence-corrected chi connectivity index (χ4v) is 2.89. The first kappa shape index (κ1) is 13.3. The molecule has 104 valence electrons. The average molecular weight is 270 g/mol. The van der Waals surface area contributed by atoms with Crippen molar-refractivity contribution in [2.75, 3.05) is 7.05 Å². The van der Waals surface area contributed by atoms with Crippen LogP contribution < -0.4 is 5.32 Å². The van der Waals surface area contributed by atoms with Gasteiger partial charge in [0.05, 0.1) is 17.9 Å². The molecule has 0 aliphatic heterocycles. The van der Waals surface area contributed by atoms with Crippen LogP contribution in [0.2, 0.25) is 0 Å². The molecule has 2 nitrogen and oxygen atoms in total. The van der Waals surface area contributed by atoms with Gasteiger partial charge in [-0.05, 0) is 49.1 Å². The van der Waals surface area contributed by atoms with Crippen molar-refractivity contribution in [2.24, 2.45) is 0 Å². The Morgan fingerprint density at radius 2 is 2.00 bits per heavy atom. The maximum absolute atomic E-state index is 13.0. The summed E-state index contributed by atoms with van der Waals surface area (Å²) in [5.74, 6) is 0.373. The fourth-order valence-electron chi connectivity index (χ4n) is 2.89. The van der Waals surface area contributed by atoms with Crippen LogP contribution in [0.4, 0.5) is 4.39 Å². The van der Waals surface area contributed by atoms with E-state index in [0.717, 1.165) is 5.69 Å². The van der Waals surface area contributed by atoms with Gasteiger partial charge < -0.3 is 5.32 Å². The summed E-state index contributed by atoms with van der Waals surface area (Å²) in [7, 11) is 1.92. The summed E-state index contributed by atoms with van der Waals surface area (Å²) < 4.78 is 13.0. The first-order valence-electron chi connectivity index (χ1n) is 7.17. The number of benzene rings is 1. The Kier molecular flexibility index (Phi) is 3.79.